The van der Waals surface area contributed by atoms with E-state index in [-0.39, 0.29) is 18.1 Å². The summed E-state index contributed by atoms with van der Waals surface area (Å²) in [4.78, 5) is 18.3. The Morgan fingerprint density at radius 2 is 2.09 bits per heavy atom. The Hall–Kier alpha value is -2.12. The maximum Gasteiger partial charge on any atom is 0.324 e. The first-order valence-corrected chi connectivity index (χ1v) is 7.87. The van der Waals surface area contributed by atoms with Gasteiger partial charge in [0.25, 0.3) is 0 Å². The van der Waals surface area contributed by atoms with Crippen LogP contribution in [0.25, 0.3) is 4.85 Å². The number of benzene rings is 1. The molecule has 3 unspecified atom stereocenters. The number of hydrogen-bond acceptors (Lipinski definition) is 3. The predicted octanol–water partition coefficient (Wildman–Crippen LogP) is 3.45. The van der Waals surface area contributed by atoms with Gasteiger partial charge < -0.3 is 9.58 Å². The maximum atomic E-state index is 12.6. The highest BCUT2D eigenvalue weighted by atomic mass is 16.6. The summed E-state index contributed by atoms with van der Waals surface area (Å²) in [5.74, 6) is -0.258. The normalized spacial score (nSPS) is 24.9. The zero-order valence-electron chi connectivity index (χ0n) is 14.0. The molecule has 0 saturated carbocycles. The minimum Gasteiger partial charge on any atom is -0.459 e. The Morgan fingerprint density at radius 3 is 2.61 bits per heavy atom. The molecule has 4 nitrogen and oxygen atoms in total. The molecule has 0 bridgehead atoms. The number of hydrogen-bond donors (Lipinski definition) is 0. The molecule has 1 heterocycles. The molecule has 1 aliphatic heterocycles. The molecule has 0 aromatic heterocycles. The zero-order valence-corrected chi connectivity index (χ0v) is 14.0. The van der Waals surface area contributed by atoms with Gasteiger partial charge >= 0.3 is 5.97 Å². The van der Waals surface area contributed by atoms with Crippen LogP contribution in [0, 0.1) is 6.57 Å². The molecule has 1 fully saturated rings. The van der Waals surface area contributed by atoms with Crippen molar-refractivity contribution in [3.63, 3.8) is 0 Å². The number of esters is 1. The second-order valence-corrected chi connectivity index (χ2v) is 6.87. The van der Waals surface area contributed by atoms with Gasteiger partial charge in [0, 0.05) is 6.54 Å². The number of likely N-dealkylation sites (tertiary alicyclic amines) is 1. The molecule has 0 radical (unpaired) electrons. The summed E-state index contributed by atoms with van der Waals surface area (Å²) in [6.07, 6.45) is 2.26. The van der Waals surface area contributed by atoms with Gasteiger partial charge in [-0.05, 0) is 26.3 Å². The second kappa shape index (κ2) is 6.97. The van der Waals surface area contributed by atoms with Gasteiger partial charge in [-0.2, -0.15) is 0 Å². The van der Waals surface area contributed by atoms with Crippen LogP contribution in [0.4, 0.5) is 0 Å². The van der Waals surface area contributed by atoms with Gasteiger partial charge in [-0.3, -0.25) is 9.69 Å². The lowest BCUT2D eigenvalue weighted by atomic mass is 10.1. The molecule has 4 heteroatoms. The van der Waals surface area contributed by atoms with E-state index in [1.165, 1.54) is 0 Å². The molecule has 122 valence electrons. The molecule has 1 aromatic rings. The fraction of sp³-hybridized carbons (Fsp3) is 0.474. The first-order chi connectivity index (χ1) is 10.9. The Balaban J connectivity index is 2.25. The largest absolute Gasteiger partial charge is 0.459 e. The van der Waals surface area contributed by atoms with Gasteiger partial charge in [0.15, 0.2) is 0 Å². The van der Waals surface area contributed by atoms with Crippen molar-refractivity contribution >= 4 is 5.97 Å². The maximum absolute atomic E-state index is 12.6. The predicted molar refractivity (Wildman–Crippen MR) is 90.6 cm³/mol. The average molecular weight is 312 g/mol. The van der Waals surface area contributed by atoms with E-state index in [1.54, 1.807) is 6.08 Å². The number of nitrogens with zero attached hydrogens (tertiary/aromatic N) is 2. The van der Waals surface area contributed by atoms with Crippen molar-refractivity contribution in [3.8, 4) is 0 Å². The van der Waals surface area contributed by atoms with Crippen molar-refractivity contribution in [1.82, 2.24) is 4.90 Å². The molecule has 0 aliphatic carbocycles. The molecule has 0 spiro atoms. The van der Waals surface area contributed by atoms with E-state index in [1.807, 2.05) is 56.0 Å². The Morgan fingerprint density at radius 1 is 1.43 bits per heavy atom. The Labute approximate surface area is 138 Å². The van der Waals surface area contributed by atoms with Crippen LogP contribution in [-0.2, 0) is 16.1 Å². The molecule has 1 aromatic carbocycles. The van der Waals surface area contributed by atoms with E-state index in [2.05, 4.69) is 11.4 Å². The van der Waals surface area contributed by atoms with Crippen LogP contribution in [0.5, 0.6) is 0 Å². The van der Waals surface area contributed by atoms with Crippen molar-refractivity contribution in [1.29, 1.82) is 0 Å². The average Bonchev–Trinajstić information content (AvgIpc) is 2.84. The lowest BCUT2D eigenvalue weighted by Gasteiger charge is -2.29. The third-order valence-corrected chi connectivity index (χ3v) is 3.94. The van der Waals surface area contributed by atoms with Gasteiger partial charge in [0.2, 0.25) is 6.04 Å². The van der Waals surface area contributed by atoms with E-state index >= 15 is 0 Å². The summed E-state index contributed by atoms with van der Waals surface area (Å²) in [6.45, 7) is 17.5. The molecular formula is C19H24N2O2. The molecule has 23 heavy (non-hydrogen) atoms. The van der Waals surface area contributed by atoms with Crippen LogP contribution in [-0.4, -0.2) is 34.6 Å². The summed E-state index contributed by atoms with van der Waals surface area (Å²) in [5.41, 5.74) is 0.577. The summed E-state index contributed by atoms with van der Waals surface area (Å²) in [6, 6.07) is 9.17. The molecule has 3 atom stereocenters. The molecule has 1 aliphatic rings. The fourth-order valence-corrected chi connectivity index (χ4v) is 2.97. The highest BCUT2D eigenvalue weighted by Crippen LogP contribution is 2.31. The second-order valence-electron chi connectivity index (χ2n) is 6.87. The minimum absolute atomic E-state index is 0.134. The van der Waals surface area contributed by atoms with Gasteiger partial charge in [0.05, 0.1) is 6.42 Å². The van der Waals surface area contributed by atoms with Crippen LogP contribution in [0.3, 0.4) is 0 Å². The molecule has 1 saturated heterocycles. The quantitative estimate of drug-likeness (QED) is 0.485. The first-order valence-electron chi connectivity index (χ1n) is 7.87. The summed E-state index contributed by atoms with van der Waals surface area (Å²) in [7, 11) is 0. The molecule has 0 N–H and O–H groups in total. The van der Waals surface area contributed by atoms with Gasteiger partial charge in [-0.15, -0.1) is 6.58 Å². The van der Waals surface area contributed by atoms with E-state index in [9.17, 15) is 4.79 Å². The van der Waals surface area contributed by atoms with Crippen LogP contribution in [0.1, 0.15) is 32.8 Å². The van der Waals surface area contributed by atoms with Crippen LogP contribution < -0.4 is 0 Å². The third-order valence-electron chi connectivity index (χ3n) is 3.94. The number of ether oxygens (including phenoxy) is 1. The summed E-state index contributed by atoms with van der Waals surface area (Å²) in [5, 5.41) is 0. The van der Waals surface area contributed by atoms with Crippen LogP contribution >= 0.6 is 0 Å². The number of carbonyl (C=O) groups excluding carboxylic acids is 1. The molecule has 2 rings (SSSR count). The van der Waals surface area contributed by atoms with Crippen LogP contribution in [0.15, 0.2) is 43.0 Å². The fourth-order valence-electron chi connectivity index (χ4n) is 2.97. The van der Waals surface area contributed by atoms with Gasteiger partial charge in [0.1, 0.15) is 17.7 Å². The summed E-state index contributed by atoms with van der Waals surface area (Å²) < 4.78 is 5.56. The van der Waals surface area contributed by atoms with Gasteiger partial charge in [-0.25, -0.2) is 6.57 Å². The van der Waals surface area contributed by atoms with Crippen LogP contribution in [0.2, 0.25) is 0 Å². The van der Waals surface area contributed by atoms with Crippen molar-refractivity contribution < 1.29 is 9.53 Å². The number of carbonyl (C=O) groups is 1. The highest BCUT2D eigenvalue weighted by molar-refractivity contribution is 5.77. The SMILES string of the molecule is [C-]#[N+]C1CC(C(=O)OC(C)(C)C)N(Cc2ccccc2)C1C=C. The first kappa shape index (κ1) is 17.2. The van der Waals surface area contributed by atoms with Crippen molar-refractivity contribution in [2.24, 2.45) is 0 Å². The Kier molecular flexibility index (Phi) is 5.23. The summed E-state index contributed by atoms with van der Waals surface area (Å²) >= 11 is 0. The topological polar surface area (TPSA) is 33.9 Å². The standard InChI is InChI=1S/C19H24N2O2/c1-6-16-15(20-5)12-17(18(22)23-19(2,3)4)21(16)13-14-10-8-7-9-11-14/h6-11,15-17H,1,12-13H2,2-4H3. The smallest absolute Gasteiger partial charge is 0.324 e. The zero-order chi connectivity index (χ0) is 17.0. The molecule has 0 amide bonds. The van der Waals surface area contributed by atoms with Crippen molar-refractivity contribution in [2.45, 2.75) is 57.5 Å². The van der Waals surface area contributed by atoms with E-state index in [0.717, 1.165) is 5.56 Å². The lowest BCUT2D eigenvalue weighted by molar-refractivity contribution is -0.160. The van der Waals surface area contributed by atoms with E-state index in [0.29, 0.717) is 13.0 Å². The van der Waals surface area contributed by atoms with E-state index < -0.39 is 11.6 Å². The van der Waals surface area contributed by atoms with E-state index in [4.69, 9.17) is 11.3 Å². The monoisotopic (exact) mass is 312 g/mol. The molecular weight excluding hydrogens is 288 g/mol. The number of rotatable bonds is 4. The van der Waals surface area contributed by atoms with Crippen molar-refractivity contribution in [3.05, 3.63) is 60.0 Å². The third kappa shape index (κ3) is 4.20. The van der Waals surface area contributed by atoms with Crippen molar-refractivity contribution in [2.75, 3.05) is 0 Å². The highest BCUT2D eigenvalue weighted by Gasteiger charge is 2.48. The Bertz CT molecular complexity index is 598. The lowest BCUT2D eigenvalue weighted by Crippen LogP contribution is -2.43. The minimum atomic E-state index is -0.532. The van der Waals surface area contributed by atoms with Gasteiger partial charge in [-0.1, -0.05) is 36.4 Å².